The summed E-state index contributed by atoms with van der Waals surface area (Å²) in [6, 6.07) is -0.859. The Hall–Kier alpha value is -1.16. The molecule has 7 unspecified atom stereocenters. The maximum Gasteiger partial charge on any atom is 0.397 e. The minimum absolute atomic E-state index is 0.243. The number of amides is 1. The molecule has 0 radical (unpaired) electrons. The molecule has 0 aromatic heterocycles. The summed E-state index contributed by atoms with van der Waals surface area (Å²) in [5.41, 5.74) is 0. The Kier molecular flexibility index (Phi) is 34.5. The van der Waals surface area contributed by atoms with E-state index in [1.165, 1.54) is 122 Å². The number of hydrogen-bond acceptors (Lipinski definition) is 10. The number of hydrogen-bond donors (Lipinski definition) is 6. The van der Waals surface area contributed by atoms with Crippen LogP contribution in [0.2, 0.25) is 0 Å². The Bertz CT molecular complexity index is 1090. The summed E-state index contributed by atoms with van der Waals surface area (Å²) in [5, 5.41) is 44.8. The number of rotatable bonds is 40. The first-order valence-electron chi connectivity index (χ1n) is 23.6. The average molecular weight is 850 g/mol. The Labute approximate surface area is 353 Å². The molecular formula is C45H87NO11S. The zero-order chi connectivity index (χ0) is 42.7. The zero-order valence-corrected chi connectivity index (χ0v) is 37.4. The number of ether oxygens (including phenoxy) is 2. The van der Waals surface area contributed by atoms with Gasteiger partial charge in [-0.25, -0.2) is 4.18 Å². The molecule has 1 aliphatic rings. The minimum atomic E-state index is -5.07. The van der Waals surface area contributed by atoms with E-state index in [-0.39, 0.29) is 18.9 Å². The highest BCUT2D eigenvalue weighted by Gasteiger charge is 2.48. The van der Waals surface area contributed by atoms with Crippen molar-refractivity contribution in [2.45, 2.75) is 256 Å². The van der Waals surface area contributed by atoms with Crippen molar-refractivity contribution in [3.05, 3.63) is 12.2 Å². The molecule has 7 atom stereocenters. The van der Waals surface area contributed by atoms with Crippen LogP contribution in [0.5, 0.6) is 0 Å². The van der Waals surface area contributed by atoms with E-state index in [1.54, 1.807) is 0 Å². The highest BCUT2D eigenvalue weighted by Crippen LogP contribution is 2.26. The van der Waals surface area contributed by atoms with Gasteiger partial charge >= 0.3 is 10.4 Å². The lowest BCUT2D eigenvalue weighted by molar-refractivity contribution is -0.298. The van der Waals surface area contributed by atoms with Crippen molar-refractivity contribution in [3.63, 3.8) is 0 Å². The van der Waals surface area contributed by atoms with Crippen molar-refractivity contribution in [3.8, 4) is 0 Å². The fraction of sp³-hybridized carbons (Fsp3) is 0.933. The second kappa shape index (κ2) is 36.5. The van der Waals surface area contributed by atoms with E-state index in [0.717, 1.165) is 57.8 Å². The molecule has 1 fully saturated rings. The van der Waals surface area contributed by atoms with Gasteiger partial charge in [-0.2, -0.15) is 8.42 Å². The number of aliphatic hydroxyl groups is 4. The lowest BCUT2D eigenvalue weighted by Gasteiger charge is -2.41. The molecule has 0 aliphatic carbocycles. The van der Waals surface area contributed by atoms with E-state index >= 15 is 0 Å². The second-order valence-corrected chi connectivity index (χ2v) is 17.7. The van der Waals surface area contributed by atoms with E-state index in [9.17, 15) is 38.2 Å². The van der Waals surface area contributed by atoms with Crippen LogP contribution < -0.4 is 5.32 Å². The Morgan fingerprint density at radius 1 is 0.672 bits per heavy atom. The molecule has 1 saturated heterocycles. The Balaban J connectivity index is 2.42. The summed E-state index contributed by atoms with van der Waals surface area (Å²) in [7, 11) is -5.07. The predicted molar refractivity (Wildman–Crippen MR) is 232 cm³/mol. The van der Waals surface area contributed by atoms with E-state index in [0.29, 0.717) is 12.8 Å². The maximum atomic E-state index is 13.0. The van der Waals surface area contributed by atoms with Crippen LogP contribution in [0, 0.1) is 0 Å². The van der Waals surface area contributed by atoms with Crippen LogP contribution in [0.4, 0.5) is 0 Å². The fourth-order valence-electron chi connectivity index (χ4n) is 7.62. The van der Waals surface area contributed by atoms with Gasteiger partial charge in [0.05, 0.1) is 25.4 Å². The van der Waals surface area contributed by atoms with Crippen LogP contribution in [0.15, 0.2) is 12.2 Å². The van der Waals surface area contributed by atoms with Crippen molar-refractivity contribution in [2.75, 3.05) is 13.2 Å². The second-order valence-electron chi connectivity index (χ2n) is 16.7. The highest BCUT2D eigenvalue weighted by atomic mass is 32.3. The van der Waals surface area contributed by atoms with Crippen LogP contribution in [0.1, 0.15) is 213 Å². The topological polar surface area (TPSA) is 192 Å². The molecular weight excluding hydrogens is 763 g/mol. The third-order valence-corrected chi connectivity index (χ3v) is 11.8. The van der Waals surface area contributed by atoms with E-state index in [2.05, 4.69) is 35.5 Å². The summed E-state index contributed by atoms with van der Waals surface area (Å²) in [5.74, 6) is -0.243. The number of allylic oxidation sites excluding steroid dienone is 2. The molecule has 13 heteroatoms. The molecule has 58 heavy (non-hydrogen) atoms. The summed E-state index contributed by atoms with van der Waals surface area (Å²) in [4.78, 5) is 13.0. The number of carbonyl (C=O) groups excluding carboxylic acids is 1. The normalized spacial score (nSPS) is 21.1. The van der Waals surface area contributed by atoms with Gasteiger partial charge in [-0.3, -0.25) is 9.35 Å². The maximum absolute atomic E-state index is 13.0. The number of carbonyl (C=O) groups is 1. The van der Waals surface area contributed by atoms with Gasteiger partial charge in [-0.15, -0.1) is 0 Å². The third kappa shape index (κ3) is 29.2. The van der Waals surface area contributed by atoms with E-state index in [1.807, 2.05) is 0 Å². The SMILES string of the molecule is CCCC/C=C\CCCCCCC(=O)NC(COC1OC(CO)C(O)C(OS(=O)(=O)O)C1O)C(O)CCCCCCCCCCCCCCCCCCCCCCC. The van der Waals surface area contributed by atoms with E-state index in [4.69, 9.17) is 9.47 Å². The molecule has 1 heterocycles. The monoisotopic (exact) mass is 850 g/mol. The third-order valence-electron chi connectivity index (χ3n) is 11.3. The number of aliphatic hydroxyl groups excluding tert-OH is 4. The molecule has 1 amide bonds. The molecule has 0 spiro atoms. The van der Waals surface area contributed by atoms with Gasteiger partial charge in [-0.1, -0.05) is 187 Å². The largest absolute Gasteiger partial charge is 0.397 e. The molecule has 344 valence electrons. The lowest BCUT2D eigenvalue weighted by atomic mass is 9.99. The Morgan fingerprint density at radius 3 is 1.60 bits per heavy atom. The first-order chi connectivity index (χ1) is 28.0. The quantitative estimate of drug-likeness (QED) is 0.0196. The summed E-state index contributed by atoms with van der Waals surface area (Å²) < 4.78 is 47.6. The smallest absolute Gasteiger partial charge is 0.394 e. The van der Waals surface area contributed by atoms with Gasteiger partial charge < -0.3 is 35.2 Å². The molecule has 0 aromatic rings. The summed E-state index contributed by atoms with van der Waals surface area (Å²) in [6.07, 6.45) is 30.9. The summed E-state index contributed by atoms with van der Waals surface area (Å²) in [6.45, 7) is 3.40. The number of nitrogens with one attached hydrogen (secondary N) is 1. The lowest BCUT2D eigenvalue weighted by Crippen LogP contribution is -2.61. The Morgan fingerprint density at radius 2 is 1.12 bits per heavy atom. The predicted octanol–water partition coefficient (Wildman–Crippen LogP) is 9.16. The van der Waals surface area contributed by atoms with Crippen LogP contribution in [-0.2, 0) is 28.9 Å². The minimum Gasteiger partial charge on any atom is -0.394 e. The molecule has 1 rings (SSSR count). The van der Waals surface area contributed by atoms with E-state index < -0.39 is 59.9 Å². The first kappa shape index (κ1) is 54.9. The molecule has 0 saturated carbocycles. The molecule has 1 aliphatic heterocycles. The molecule has 6 N–H and O–H groups in total. The molecule has 12 nitrogen and oxygen atoms in total. The molecule has 0 bridgehead atoms. The highest BCUT2D eigenvalue weighted by molar-refractivity contribution is 7.80. The van der Waals surface area contributed by atoms with Crippen LogP contribution in [0.3, 0.4) is 0 Å². The van der Waals surface area contributed by atoms with Gasteiger partial charge in [0.15, 0.2) is 6.29 Å². The standard InChI is InChI=1S/C45H87NO11S/c1-3-5-7-9-11-13-15-16-17-18-19-20-21-22-23-24-25-26-28-30-32-34-39(48)38(46-41(49)35-33-31-29-27-14-12-10-8-6-4-2)37-55-45-43(51)44(57-58(52,53)54)42(50)40(36-47)56-45/h10,12,38-40,42-45,47-48,50-51H,3-9,11,13-37H2,1-2H3,(H,46,49)(H,52,53,54)/b12-10-. The van der Waals surface area contributed by atoms with Crippen LogP contribution >= 0.6 is 0 Å². The first-order valence-corrected chi connectivity index (χ1v) is 24.9. The van der Waals surface area contributed by atoms with Gasteiger partial charge in [0.25, 0.3) is 0 Å². The van der Waals surface area contributed by atoms with Crippen molar-refractivity contribution in [1.29, 1.82) is 0 Å². The number of unbranched alkanes of at least 4 members (excludes halogenated alkanes) is 26. The average Bonchev–Trinajstić information content (AvgIpc) is 3.19. The van der Waals surface area contributed by atoms with Crippen molar-refractivity contribution >= 4 is 16.3 Å². The van der Waals surface area contributed by atoms with Gasteiger partial charge in [0.2, 0.25) is 5.91 Å². The zero-order valence-electron chi connectivity index (χ0n) is 36.6. The summed E-state index contributed by atoms with van der Waals surface area (Å²) >= 11 is 0. The van der Waals surface area contributed by atoms with Crippen LogP contribution in [-0.4, -0.2) is 95.4 Å². The van der Waals surface area contributed by atoms with Crippen molar-refractivity contribution in [2.24, 2.45) is 0 Å². The van der Waals surface area contributed by atoms with Gasteiger partial charge in [0, 0.05) is 6.42 Å². The van der Waals surface area contributed by atoms with Gasteiger partial charge in [-0.05, 0) is 32.1 Å². The van der Waals surface area contributed by atoms with Gasteiger partial charge in [0.1, 0.15) is 24.4 Å². The molecule has 0 aromatic carbocycles. The van der Waals surface area contributed by atoms with Crippen molar-refractivity contribution in [1.82, 2.24) is 5.32 Å². The van der Waals surface area contributed by atoms with Crippen LogP contribution in [0.25, 0.3) is 0 Å². The van der Waals surface area contributed by atoms with Crippen molar-refractivity contribution < 1.29 is 51.8 Å². The fourth-order valence-corrected chi connectivity index (χ4v) is 8.13.